The van der Waals surface area contributed by atoms with Crippen LogP contribution in [0.4, 0.5) is 5.69 Å². The van der Waals surface area contributed by atoms with Crippen molar-refractivity contribution in [2.24, 2.45) is 5.92 Å². The molecular formula is C14H24N4O4. The van der Waals surface area contributed by atoms with Crippen molar-refractivity contribution in [3.63, 3.8) is 0 Å². The molecule has 8 heteroatoms. The molecule has 0 saturated carbocycles. The number of carbonyl (C=O) groups excluding carboxylic acids is 1. The summed E-state index contributed by atoms with van der Waals surface area (Å²) in [6.07, 6.45) is 3.39. The van der Waals surface area contributed by atoms with Crippen LogP contribution in [-0.2, 0) is 10.3 Å². The number of aromatic nitrogens is 2. The van der Waals surface area contributed by atoms with Crippen molar-refractivity contribution in [1.82, 2.24) is 15.1 Å². The summed E-state index contributed by atoms with van der Waals surface area (Å²) < 4.78 is 1.25. The number of aliphatic hydroxyl groups excluding tert-OH is 1. The quantitative estimate of drug-likeness (QED) is 0.557. The van der Waals surface area contributed by atoms with E-state index in [0.29, 0.717) is 0 Å². The summed E-state index contributed by atoms with van der Waals surface area (Å²) in [7, 11) is 0. The number of nitro groups is 1. The van der Waals surface area contributed by atoms with Crippen LogP contribution in [0.5, 0.6) is 0 Å². The zero-order valence-electron chi connectivity index (χ0n) is 13.4. The van der Waals surface area contributed by atoms with Gasteiger partial charge in [-0.3, -0.25) is 19.6 Å². The Kier molecular flexibility index (Phi) is 6.04. The molecule has 0 fully saturated rings. The molecule has 0 radical (unpaired) electrons. The molecule has 0 bridgehead atoms. The molecule has 22 heavy (non-hydrogen) atoms. The Morgan fingerprint density at radius 2 is 2.09 bits per heavy atom. The topological polar surface area (TPSA) is 110 Å². The molecule has 0 aliphatic carbocycles. The van der Waals surface area contributed by atoms with Gasteiger partial charge in [0.25, 0.3) is 0 Å². The first kappa shape index (κ1) is 18.1. The van der Waals surface area contributed by atoms with Crippen LogP contribution in [0.3, 0.4) is 0 Å². The van der Waals surface area contributed by atoms with Crippen LogP contribution in [0.15, 0.2) is 12.4 Å². The highest BCUT2D eigenvalue weighted by atomic mass is 16.6. The Hall–Kier alpha value is -1.96. The lowest BCUT2D eigenvalue weighted by atomic mass is 9.96. The van der Waals surface area contributed by atoms with Gasteiger partial charge in [-0.15, -0.1) is 0 Å². The van der Waals surface area contributed by atoms with Gasteiger partial charge in [-0.05, 0) is 19.8 Å². The molecular weight excluding hydrogens is 288 g/mol. The van der Waals surface area contributed by atoms with Crippen molar-refractivity contribution in [2.45, 2.75) is 52.2 Å². The molecule has 1 amide bonds. The average Bonchev–Trinajstić information content (AvgIpc) is 2.96. The summed E-state index contributed by atoms with van der Waals surface area (Å²) in [5, 5.41) is 27.3. The monoisotopic (exact) mass is 312 g/mol. The van der Waals surface area contributed by atoms with Crippen molar-refractivity contribution < 1.29 is 14.8 Å². The van der Waals surface area contributed by atoms with Crippen LogP contribution in [-0.4, -0.2) is 38.4 Å². The maximum Gasteiger partial charge on any atom is 0.307 e. The van der Waals surface area contributed by atoms with Crippen molar-refractivity contribution in [2.75, 3.05) is 6.54 Å². The second kappa shape index (κ2) is 7.35. The number of carbonyl (C=O) groups is 1. The van der Waals surface area contributed by atoms with Gasteiger partial charge in [0, 0.05) is 6.54 Å². The molecule has 1 heterocycles. The number of hydrogen-bond donors (Lipinski definition) is 2. The van der Waals surface area contributed by atoms with Gasteiger partial charge in [0.1, 0.15) is 17.9 Å². The van der Waals surface area contributed by atoms with Crippen molar-refractivity contribution >= 4 is 11.6 Å². The Bertz CT molecular complexity index is 523. The second-order valence-electron chi connectivity index (χ2n) is 5.81. The van der Waals surface area contributed by atoms with Crippen molar-refractivity contribution in [3.05, 3.63) is 22.5 Å². The predicted molar refractivity (Wildman–Crippen MR) is 81.3 cm³/mol. The van der Waals surface area contributed by atoms with Crippen LogP contribution in [0.1, 0.15) is 40.5 Å². The molecule has 2 N–H and O–H groups in total. The van der Waals surface area contributed by atoms with Gasteiger partial charge in [-0.2, -0.15) is 5.10 Å². The lowest BCUT2D eigenvalue weighted by Gasteiger charge is -2.26. The standard InChI is InChI=1S/C14H24N4O4/c1-5-10(6-2)12(19)8-15-13(20)14(3,4)17-9-11(7-16-17)18(21)22/h7,9-10,12,19H,5-6,8H2,1-4H3,(H,15,20). The molecule has 1 aromatic rings. The van der Waals surface area contributed by atoms with E-state index in [2.05, 4.69) is 10.4 Å². The Morgan fingerprint density at radius 1 is 1.50 bits per heavy atom. The highest BCUT2D eigenvalue weighted by Crippen LogP contribution is 2.19. The highest BCUT2D eigenvalue weighted by Gasteiger charge is 2.32. The first-order chi connectivity index (χ1) is 10.2. The number of aliphatic hydroxyl groups is 1. The summed E-state index contributed by atoms with van der Waals surface area (Å²) in [5.74, 6) is -0.218. The van der Waals surface area contributed by atoms with Gasteiger partial charge < -0.3 is 10.4 Å². The fourth-order valence-electron chi connectivity index (χ4n) is 2.23. The maximum atomic E-state index is 12.3. The van der Waals surface area contributed by atoms with Crippen LogP contribution >= 0.6 is 0 Å². The first-order valence-corrected chi connectivity index (χ1v) is 7.39. The molecule has 1 rings (SSSR count). The number of rotatable bonds is 8. The van der Waals surface area contributed by atoms with Gasteiger partial charge in [-0.1, -0.05) is 26.7 Å². The summed E-state index contributed by atoms with van der Waals surface area (Å²) in [6, 6.07) is 0. The Morgan fingerprint density at radius 3 is 2.55 bits per heavy atom. The van der Waals surface area contributed by atoms with E-state index < -0.39 is 16.6 Å². The number of nitrogens with zero attached hydrogens (tertiary/aromatic N) is 3. The van der Waals surface area contributed by atoms with Gasteiger partial charge >= 0.3 is 5.69 Å². The maximum absolute atomic E-state index is 12.3. The predicted octanol–water partition coefficient (Wildman–Crippen LogP) is 1.44. The van der Waals surface area contributed by atoms with Crippen LogP contribution in [0.25, 0.3) is 0 Å². The second-order valence-corrected chi connectivity index (χ2v) is 5.81. The molecule has 1 unspecified atom stereocenters. The normalized spacial score (nSPS) is 13.2. The SMILES string of the molecule is CCC(CC)C(O)CNC(=O)C(C)(C)n1cc([N+](=O)[O-])cn1. The first-order valence-electron chi connectivity index (χ1n) is 7.39. The van der Waals surface area contributed by atoms with Crippen LogP contribution < -0.4 is 5.32 Å². The molecule has 0 spiro atoms. The smallest absolute Gasteiger partial charge is 0.307 e. The molecule has 1 atom stereocenters. The largest absolute Gasteiger partial charge is 0.391 e. The van der Waals surface area contributed by atoms with Crippen LogP contribution in [0, 0.1) is 16.0 Å². The minimum Gasteiger partial charge on any atom is -0.391 e. The average molecular weight is 312 g/mol. The summed E-state index contributed by atoms with van der Waals surface area (Å²) in [4.78, 5) is 22.4. The minimum absolute atomic E-state index is 0.134. The van der Waals surface area contributed by atoms with E-state index in [9.17, 15) is 20.0 Å². The zero-order chi connectivity index (χ0) is 16.9. The third kappa shape index (κ3) is 4.03. The number of nitrogens with one attached hydrogen (secondary N) is 1. The fourth-order valence-corrected chi connectivity index (χ4v) is 2.23. The molecule has 1 aromatic heterocycles. The van der Waals surface area contributed by atoms with E-state index in [4.69, 9.17) is 0 Å². The molecule has 0 aliphatic heterocycles. The molecule has 0 aliphatic rings. The number of amides is 1. The fraction of sp³-hybridized carbons (Fsp3) is 0.714. The molecule has 0 aromatic carbocycles. The van der Waals surface area contributed by atoms with E-state index >= 15 is 0 Å². The van der Waals surface area contributed by atoms with E-state index in [1.54, 1.807) is 13.8 Å². The van der Waals surface area contributed by atoms with E-state index in [1.165, 1.54) is 10.9 Å². The van der Waals surface area contributed by atoms with Crippen LogP contribution in [0.2, 0.25) is 0 Å². The Balaban J connectivity index is 2.71. The third-order valence-electron chi connectivity index (χ3n) is 3.97. The van der Waals surface area contributed by atoms with Gasteiger partial charge in [0.15, 0.2) is 0 Å². The molecule has 0 saturated heterocycles. The van der Waals surface area contributed by atoms with Gasteiger partial charge in [-0.25, -0.2) is 0 Å². The lowest BCUT2D eigenvalue weighted by Crippen LogP contribution is -2.47. The zero-order valence-corrected chi connectivity index (χ0v) is 13.4. The minimum atomic E-state index is -1.08. The highest BCUT2D eigenvalue weighted by molar-refractivity contribution is 5.83. The number of hydrogen-bond acceptors (Lipinski definition) is 5. The molecule has 8 nitrogen and oxygen atoms in total. The van der Waals surface area contributed by atoms with Crippen molar-refractivity contribution in [1.29, 1.82) is 0 Å². The summed E-state index contributed by atoms with van der Waals surface area (Å²) >= 11 is 0. The summed E-state index contributed by atoms with van der Waals surface area (Å²) in [5.41, 5.74) is -1.25. The molecule has 124 valence electrons. The van der Waals surface area contributed by atoms with E-state index in [1.807, 2.05) is 13.8 Å². The van der Waals surface area contributed by atoms with Gasteiger partial charge in [0.2, 0.25) is 5.91 Å². The Labute approximate surface area is 129 Å². The van der Waals surface area contributed by atoms with Gasteiger partial charge in [0.05, 0.1) is 11.0 Å². The summed E-state index contributed by atoms with van der Waals surface area (Å²) in [6.45, 7) is 7.36. The van der Waals surface area contributed by atoms with Crippen molar-refractivity contribution in [3.8, 4) is 0 Å². The van der Waals surface area contributed by atoms with E-state index in [-0.39, 0.29) is 24.1 Å². The third-order valence-corrected chi connectivity index (χ3v) is 3.97. The van der Waals surface area contributed by atoms with E-state index in [0.717, 1.165) is 19.0 Å². The lowest BCUT2D eigenvalue weighted by molar-refractivity contribution is -0.385.